The molecule has 4 heteroatoms. The van der Waals surface area contributed by atoms with E-state index in [1.165, 1.54) is 7.11 Å². The van der Waals surface area contributed by atoms with Crippen molar-refractivity contribution in [2.24, 2.45) is 5.73 Å². The van der Waals surface area contributed by atoms with Gasteiger partial charge in [-0.2, -0.15) is 0 Å². The van der Waals surface area contributed by atoms with Crippen molar-refractivity contribution in [1.82, 2.24) is 4.90 Å². The quantitative estimate of drug-likeness (QED) is 0.568. The van der Waals surface area contributed by atoms with Crippen molar-refractivity contribution in [1.29, 1.82) is 0 Å². The molecule has 0 bridgehead atoms. The van der Waals surface area contributed by atoms with Crippen LogP contribution in [0, 0.1) is 0 Å². The molecule has 0 fully saturated rings. The van der Waals surface area contributed by atoms with E-state index in [4.69, 9.17) is 5.73 Å². The zero-order valence-electron chi connectivity index (χ0n) is 7.88. The van der Waals surface area contributed by atoms with Gasteiger partial charge in [-0.3, -0.25) is 9.69 Å². The molecule has 0 heterocycles. The summed E-state index contributed by atoms with van der Waals surface area (Å²) in [4.78, 5) is 12.9. The van der Waals surface area contributed by atoms with Crippen LogP contribution >= 0.6 is 0 Å². The van der Waals surface area contributed by atoms with E-state index in [9.17, 15) is 4.79 Å². The zero-order chi connectivity index (χ0) is 9.40. The summed E-state index contributed by atoms with van der Waals surface area (Å²) in [5.41, 5.74) is 5.35. The lowest BCUT2D eigenvalue weighted by molar-refractivity contribution is -0.141. The van der Waals surface area contributed by atoms with Crippen molar-refractivity contribution in [2.45, 2.75) is 13.3 Å². The van der Waals surface area contributed by atoms with E-state index in [1.54, 1.807) is 0 Å². The predicted octanol–water partition coefficient (Wildman–Crippen LogP) is -0.170. The summed E-state index contributed by atoms with van der Waals surface area (Å²) in [7, 11) is 1.40. The molecular weight excluding hydrogens is 156 g/mol. The molecule has 72 valence electrons. The first-order valence-electron chi connectivity index (χ1n) is 4.23. The SMILES string of the molecule is CCN(CCCN)CC(=O)OC. The fourth-order valence-corrected chi connectivity index (χ4v) is 0.911. The van der Waals surface area contributed by atoms with Crippen LogP contribution in [-0.2, 0) is 9.53 Å². The summed E-state index contributed by atoms with van der Waals surface area (Å²) in [6.07, 6.45) is 0.921. The third-order valence-corrected chi connectivity index (χ3v) is 1.71. The Morgan fingerprint density at radius 2 is 2.25 bits per heavy atom. The van der Waals surface area contributed by atoms with E-state index in [2.05, 4.69) is 4.74 Å². The van der Waals surface area contributed by atoms with Gasteiger partial charge in [0.25, 0.3) is 0 Å². The van der Waals surface area contributed by atoms with Crippen LogP contribution in [0.2, 0.25) is 0 Å². The molecule has 2 N–H and O–H groups in total. The molecule has 0 aromatic carbocycles. The number of esters is 1. The molecule has 0 aromatic rings. The molecule has 0 saturated carbocycles. The number of hydrogen-bond acceptors (Lipinski definition) is 4. The molecule has 0 rings (SSSR count). The van der Waals surface area contributed by atoms with Crippen molar-refractivity contribution in [3.8, 4) is 0 Å². The summed E-state index contributed by atoms with van der Waals surface area (Å²) in [6, 6.07) is 0. The standard InChI is InChI=1S/C8H18N2O2/c1-3-10(6-4-5-9)7-8(11)12-2/h3-7,9H2,1-2H3. The van der Waals surface area contributed by atoms with Crippen LogP contribution in [0.25, 0.3) is 0 Å². The highest BCUT2D eigenvalue weighted by atomic mass is 16.5. The highest BCUT2D eigenvalue weighted by molar-refractivity contribution is 5.71. The van der Waals surface area contributed by atoms with Gasteiger partial charge >= 0.3 is 5.97 Å². The van der Waals surface area contributed by atoms with Gasteiger partial charge in [0, 0.05) is 0 Å². The zero-order valence-corrected chi connectivity index (χ0v) is 7.88. The number of hydrogen-bond donors (Lipinski definition) is 1. The van der Waals surface area contributed by atoms with Crippen LogP contribution in [-0.4, -0.2) is 44.2 Å². The third kappa shape index (κ3) is 5.09. The maximum absolute atomic E-state index is 10.8. The second kappa shape index (κ2) is 7.06. The Kier molecular flexibility index (Phi) is 6.70. The van der Waals surface area contributed by atoms with Crippen molar-refractivity contribution in [3.05, 3.63) is 0 Å². The van der Waals surface area contributed by atoms with E-state index in [0.29, 0.717) is 13.1 Å². The molecule has 0 spiro atoms. The Labute approximate surface area is 73.7 Å². The molecule has 0 aliphatic carbocycles. The fraction of sp³-hybridized carbons (Fsp3) is 0.875. The fourth-order valence-electron chi connectivity index (χ4n) is 0.911. The highest BCUT2D eigenvalue weighted by Gasteiger charge is 2.07. The maximum atomic E-state index is 10.8. The molecule has 0 aliphatic rings. The van der Waals surface area contributed by atoms with Gasteiger partial charge in [0.1, 0.15) is 0 Å². The van der Waals surface area contributed by atoms with Crippen molar-refractivity contribution >= 4 is 5.97 Å². The number of methoxy groups -OCH3 is 1. The number of rotatable bonds is 6. The minimum absolute atomic E-state index is 0.186. The van der Waals surface area contributed by atoms with Crippen LogP contribution in [0.4, 0.5) is 0 Å². The van der Waals surface area contributed by atoms with E-state index in [0.717, 1.165) is 19.5 Å². The van der Waals surface area contributed by atoms with Crippen LogP contribution in [0.5, 0.6) is 0 Å². The molecule has 0 amide bonds. The molecule has 4 nitrogen and oxygen atoms in total. The third-order valence-electron chi connectivity index (χ3n) is 1.71. The first-order chi connectivity index (χ1) is 5.74. The lowest BCUT2D eigenvalue weighted by Crippen LogP contribution is -2.32. The van der Waals surface area contributed by atoms with E-state index in [-0.39, 0.29) is 5.97 Å². The van der Waals surface area contributed by atoms with E-state index < -0.39 is 0 Å². The number of nitrogens with two attached hydrogens (primary N) is 1. The topological polar surface area (TPSA) is 55.6 Å². The van der Waals surface area contributed by atoms with Crippen LogP contribution < -0.4 is 5.73 Å². The Balaban J connectivity index is 3.59. The number of nitrogens with zero attached hydrogens (tertiary/aromatic N) is 1. The normalized spacial score (nSPS) is 10.3. The smallest absolute Gasteiger partial charge is 0.319 e. The van der Waals surface area contributed by atoms with Gasteiger partial charge in [0.05, 0.1) is 13.7 Å². The average Bonchev–Trinajstić information content (AvgIpc) is 2.11. The molecule has 0 aromatic heterocycles. The average molecular weight is 174 g/mol. The molecule has 12 heavy (non-hydrogen) atoms. The van der Waals surface area contributed by atoms with Gasteiger partial charge in [0.15, 0.2) is 0 Å². The monoisotopic (exact) mass is 174 g/mol. The summed E-state index contributed by atoms with van der Waals surface area (Å²) in [6.45, 7) is 4.77. The van der Waals surface area contributed by atoms with E-state index in [1.807, 2.05) is 11.8 Å². The van der Waals surface area contributed by atoms with Gasteiger partial charge in [-0.05, 0) is 26.1 Å². The van der Waals surface area contributed by atoms with Crippen molar-refractivity contribution in [2.75, 3.05) is 33.3 Å². The summed E-state index contributed by atoms with van der Waals surface area (Å²) >= 11 is 0. The molecule has 0 radical (unpaired) electrons. The van der Waals surface area contributed by atoms with Gasteiger partial charge in [-0.1, -0.05) is 6.92 Å². The second-order valence-corrected chi connectivity index (χ2v) is 2.59. The van der Waals surface area contributed by atoms with Crippen LogP contribution in [0.15, 0.2) is 0 Å². The van der Waals surface area contributed by atoms with Crippen LogP contribution in [0.1, 0.15) is 13.3 Å². The highest BCUT2D eigenvalue weighted by Crippen LogP contribution is 1.90. The Morgan fingerprint density at radius 1 is 1.58 bits per heavy atom. The first kappa shape index (κ1) is 11.4. The second-order valence-electron chi connectivity index (χ2n) is 2.59. The van der Waals surface area contributed by atoms with Gasteiger partial charge in [0.2, 0.25) is 0 Å². The Morgan fingerprint density at radius 3 is 2.67 bits per heavy atom. The Hall–Kier alpha value is -0.610. The minimum Gasteiger partial charge on any atom is -0.468 e. The molecule has 0 aliphatic heterocycles. The minimum atomic E-state index is -0.186. The summed E-state index contributed by atoms with van der Waals surface area (Å²) < 4.78 is 4.55. The maximum Gasteiger partial charge on any atom is 0.319 e. The lowest BCUT2D eigenvalue weighted by atomic mass is 10.3. The summed E-state index contributed by atoms with van der Waals surface area (Å²) in [5.74, 6) is -0.186. The van der Waals surface area contributed by atoms with Crippen LogP contribution in [0.3, 0.4) is 0 Å². The summed E-state index contributed by atoms with van der Waals surface area (Å²) in [5, 5.41) is 0. The lowest BCUT2D eigenvalue weighted by Gasteiger charge is -2.17. The largest absolute Gasteiger partial charge is 0.468 e. The molecule has 0 saturated heterocycles. The van der Waals surface area contributed by atoms with Gasteiger partial charge in [-0.15, -0.1) is 0 Å². The van der Waals surface area contributed by atoms with E-state index >= 15 is 0 Å². The number of carbonyl (C=O) groups is 1. The molecule has 0 atom stereocenters. The molecular formula is C8H18N2O2. The predicted molar refractivity (Wildman–Crippen MR) is 47.8 cm³/mol. The van der Waals surface area contributed by atoms with Gasteiger partial charge < -0.3 is 10.5 Å². The number of carbonyl (C=O) groups excluding carboxylic acids is 1. The van der Waals surface area contributed by atoms with Crippen molar-refractivity contribution in [3.63, 3.8) is 0 Å². The molecule has 0 unspecified atom stereocenters. The van der Waals surface area contributed by atoms with Crippen molar-refractivity contribution < 1.29 is 9.53 Å². The van der Waals surface area contributed by atoms with Gasteiger partial charge in [-0.25, -0.2) is 0 Å². The first-order valence-corrected chi connectivity index (χ1v) is 4.23. The Bertz CT molecular complexity index is 128. The number of likely N-dealkylation sites (N-methyl/N-ethyl adjacent to an activating group) is 1. The number of ether oxygens (including phenoxy) is 1.